The summed E-state index contributed by atoms with van der Waals surface area (Å²) in [5.41, 5.74) is 5.23. The van der Waals surface area contributed by atoms with Gasteiger partial charge in [0, 0.05) is 6.04 Å². The van der Waals surface area contributed by atoms with Crippen LogP contribution in [0.5, 0.6) is 0 Å². The van der Waals surface area contributed by atoms with E-state index in [1.54, 1.807) is 12.1 Å². The van der Waals surface area contributed by atoms with E-state index < -0.39 is 0 Å². The summed E-state index contributed by atoms with van der Waals surface area (Å²) in [7, 11) is 0. The van der Waals surface area contributed by atoms with Gasteiger partial charge in [0.2, 0.25) is 0 Å². The Morgan fingerprint density at radius 3 is 2.48 bits per heavy atom. The van der Waals surface area contributed by atoms with E-state index in [0.717, 1.165) is 12.0 Å². The second kappa shape index (κ2) is 5.61. The Labute approximate surface area is 126 Å². The van der Waals surface area contributed by atoms with Gasteiger partial charge in [-0.05, 0) is 53.6 Å². The molecule has 0 saturated heterocycles. The van der Waals surface area contributed by atoms with Crippen LogP contribution < -0.4 is 5.32 Å². The van der Waals surface area contributed by atoms with Gasteiger partial charge in [-0.15, -0.1) is 0 Å². The number of hydrogen-bond donors (Lipinski definition) is 1. The molecule has 0 spiro atoms. The Bertz CT molecular complexity index is 631. The van der Waals surface area contributed by atoms with Gasteiger partial charge in [-0.1, -0.05) is 44.2 Å². The van der Waals surface area contributed by atoms with E-state index in [0.29, 0.717) is 12.0 Å². The first kappa shape index (κ1) is 14.3. The highest BCUT2D eigenvalue weighted by Gasteiger charge is 2.25. The Morgan fingerprint density at radius 2 is 1.81 bits per heavy atom. The first-order chi connectivity index (χ1) is 10.0. The molecule has 0 amide bonds. The average Bonchev–Trinajstić information content (AvgIpc) is 2.46. The van der Waals surface area contributed by atoms with Gasteiger partial charge >= 0.3 is 0 Å². The van der Waals surface area contributed by atoms with Crippen LogP contribution in [0.3, 0.4) is 0 Å². The van der Waals surface area contributed by atoms with Crippen LogP contribution in [-0.4, -0.2) is 6.04 Å². The van der Waals surface area contributed by atoms with Crippen molar-refractivity contribution in [3.05, 3.63) is 70.5 Å². The largest absolute Gasteiger partial charge is 0.303 e. The maximum Gasteiger partial charge on any atom is 0.123 e. The lowest BCUT2D eigenvalue weighted by Crippen LogP contribution is -2.38. The molecule has 0 saturated carbocycles. The monoisotopic (exact) mass is 283 g/mol. The SMILES string of the molecule is CC1Cc2ccc(C(C)C)cc2C(c2ccc(F)cc2)N1. The van der Waals surface area contributed by atoms with Crippen LogP contribution >= 0.6 is 0 Å². The van der Waals surface area contributed by atoms with Crippen molar-refractivity contribution in [2.45, 2.75) is 45.2 Å². The van der Waals surface area contributed by atoms with Crippen molar-refractivity contribution >= 4 is 0 Å². The molecule has 1 nitrogen and oxygen atoms in total. The van der Waals surface area contributed by atoms with Gasteiger partial charge in [0.25, 0.3) is 0 Å². The number of rotatable bonds is 2. The lowest BCUT2D eigenvalue weighted by molar-refractivity contribution is 0.463. The van der Waals surface area contributed by atoms with Crippen LogP contribution in [0, 0.1) is 5.82 Å². The third kappa shape index (κ3) is 2.86. The quantitative estimate of drug-likeness (QED) is 0.851. The van der Waals surface area contributed by atoms with Crippen molar-refractivity contribution in [2.75, 3.05) is 0 Å². The lowest BCUT2D eigenvalue weighted by Gasteiger charge is -2.32. The number of hydrogen-bond acceptors (Lipinski definition) is 1. The van der Waals surface area contributed by atoms with E-state index >= 15 is 0 Å². The molecule has 3 rings (SSSR count). The highest BCUT2D eigenvalue weighted by atomic mass is 19.1. The van der Waals surface area contributed by atoms with Gasteiger partial charge in [-0.3, -0.25) is 0 Å². The highest BCUT2D eigenvalue weighted by Crippen LogP contribution is 2.32. The van der Waals surface area contributed by atoms with Gasteiger partial charge in [0.15, 0.2) is 0 Å². The van der Waals surface area contributed by atoms with Crippen LogP contribution in [0.1, 0.15) is 55.0 Å². The fraction of sp³-hybridized carbons (Fsp3) is 0.368. The Kier molecular flexibility index (Phi) is 3.81. The van der Waals surface area contributed by atoms with E-state index in [1.807, 2.05) is 12.1 Å². The molecular weight excluding hydrogens is 261 g/mol. The molecule has 0 aromatic heterocycles. The van der Waals surface area contributed by atoms with Gasteiger partial charge < -0.3 is 5.32 Å². The molecular formula is C19H22FN. The van der Waals surface area contributed by atoms with Crippen LogP contribution in [-0.2, 0) is 6.42 Å². The maximum absolute atomic E-state index is 13.2. The van der Waals surface area contributed by atoms with Crippen molar-refractivity contribution in [3.8, 4) is 0 Å². The average molecular weight is 283 g/mol. The van der Waals surface area contributed by atoms with Crippen molar-refractivity contribution in [3.63, 3.8) is 0 Å². The Morgan fingerprint density at radius 1 is 1.10 bits per heavy atom. The Hall–Kier alpha value is -1.67. The zero-order chi connectivity index (χ0) is 15.0. The van der Waals surface area contributed by atoms with Crippen LogP contribution in [0.15, 0.2) is 42.5 Å². The van der Waals surface area contributed by atoms with Crippen LogP contribution in [0.2, 0.25) is 0 Å². The first-order valence-corrected chi connectivity index (χ1v) is 7.69. The fourth-order valence-electron chi connectivity index (χ4n) is 3.12. The molecule has 2 heteroatoms. The molecule has 21 heavy (non-hydrogen) atoms. The molecule has 0 aliphatic carbocycles. The second-order valence-electron chi connectivity index (χ2n) is 6.37. The second-order valence-corrected chi connectivity index (χ2v) is 6.37. The molecule has 1 N–H and O–H groups in total. The summed E-state index contributed by atoms with van der Waals surface area (Å²) in [5.74, 6) is 0.335. The molecule has 0 bridgehead atoms. The van der Waals surface area contributed by atoms with E-state index in [4.69, 9.17) is 0 Å². The summed E-state index contributed by atoms with van der Waals surface area (Å²) >= 11 is 0. The number of nitrogens with one attached hydrogen (secondary N) is 1. The molecule has 0 radical (unpaired) electrons. The third-order valence-corrected chi connectivity index (χ3v) is 4.33. The van der Waals surface area contributed by atoms with E-state index in [1.165, 1.54) is 16.7 Å². The molecule has 2 atom stereocenters. The molecule has 0 fully saturated rings. The molecule has 1 aliphatic heterocycles. The van der Waals surface area contributed by atoms with E-state index in [9.17, 15) is 4.39 Å². The zero-order valence-corrected chi connectivity index (χ0v) is 12.9. The van der Waals surface area contributed by atoms with Gasteiger partial charge in [0.05, 0.1) is 6.04 Å². The molecule has 2 aromatic carbocycles. The van der Waals surface area contributed by atoms with Crippen LogP contribution in [0.4, 0.5) is 4.39 Å². The maximum atomic E-state index is 13.2. The van der Waals surface area contributed by atoms with Crippen molar-refractivity contribution in [1.82, 2.24) is 5.32 Å². The lowest BCUT2D eigenvalue weighted by atomic mass is 9.84. The summed E-state index contributed by atoms with van der Waals surface area (Å²) in [6.45, 7) is 6.64. The van der Waals surface area contributed by atoms with Crippen molar-refractivity contribution in [1.29, 1.82) is 0 Å². The smallest absolute Gasteiger partial charge is 0.123 e. The summed E-state index contributed by atoms with van der Waals surface area (Å²) < 4.78 is 13.2. The fourth-order valence-corrected chi connectivity index (χ4v) is 3.12. The number of fused-ring (bicyclic) bond motifs is 1. The predicted octanol–water partition coefficient (Wildman–Crippen LogP) is 4.57. The molecule has 2 aromatic rings. The summed E-state index contributed by atoms with van der Waals surface area (Å²) in [6, 6.07) is 14.3. The minimum absolute atomic E-state index is 0.156. The zero-order valence-electron chi connectivity index (χ0n) is 12.9. The summed E-state index contributed by atoms with van der Waals surface area (Å²) in [4.78, 5) is 0. The first-order valence-electron chi connectivity index (χ1n) is 7.69. The van der Waals surface area contributed by atoms with Crippen molar-refractivity contribution < 1.29 is 4.39 Å². The van der Waals surface area contributed by atoms with Gasteiger partial charge in [0.1, 0.15) is 5.82 Å². The minimum Gasteiger partial charge on any atom is -0.303 e. The summed E-state index contributed by atoms with van der Waals surface area (Å²) in [6.07, 6.45) is 1.05. The van der Waals surface area contributed by atoms with Gasteiger partial charge in [-0.2, -0.15) is 0 Å². The van der Waals surface area contributed by atoms with Crippen LogP contribution in [0.25, 0.3) is 0 Å². The standard InChI is InChI=1S/C19H22FN/c1-12(2)15-4-5-16-10-13(3)21-19(18(16)11-15)14-6-8-17(20)9-7-14/h4-9,11-13,19,21H,10H2,1-3H3. The molecule has 1 heterocycles. The summed E-state index contributed by atoms with van der Waals surface area (Å²) in [5, 5.41) is 3.65. The van der Waals surface area contributed by atoms with E-state index in [-0.39, 0.29) is 11.9 Å². The number of benzene rings is 2. The molecule has 2 unspecified atom stereocenters. The topological polar surface area (TPSA) is 12.0 Å². The van der Waals surface area contributed by atoms with E-state index in [2.05, 4.69) is 44.3 Å². The Balaban J connectivity index is 2.06. The van der Waals surface area contributed by atoms with Crippen molar-refractivity contribution in [2.24, 2.45) is 0 Å². The molecule has 1 aliphatic rings. The predicted molar refractivity (Wildman–Crippen MR) is 85.1 cm³/mol. The molecule has 110 valence electrons. The minimum atomic E-state index is -0.182. The third-order valence-electron chi connectivity index (χ3n) is 4.33. The van der Waals surface area contributed by atoms with Gasteiger partial charge in [-0.25, -0.2) is 4.39 Å². The normalized spacial score (nSPS) is 21.4. The number of halogens is 1. The highest BCUT2D eigenvalue weighted by molar-refractivity contribution is 5.43.